The van der Waals surface area contributed by atoms with Crippen LogP contribution in [0.15, 0.2) is 18.3 Å². The fourth-order valence-electron chi connectivity index (χ4n) is 1.60. The van der Waals surface area contributed by atoms with E-state index in [-0.39, 0.29) is 12.1 Å². The van der Waals surface area contributed by atoms with E-state index in [0.717, 1.165) is 18.0 Å². The monoisotopic (exact) mass is 222 g/mol. The van der Waals surface area contributed by atoms with E-state index >= 15 is 0 Å². The standard InChI is InChI=1S/C12H18N2O2/c1-3-13-9(2)12-5-4-10(6-14-12)16-11-7-15-8-11/h4-6,9,11,13H,3,7-8H2,1-2H3. The summed E-state index contributed by atoms with van der Waals surface area (Å²) in [7, 11) is 0. The Morgan fingerprint density at radius 3 is 2.88 bits per heavy atom. The molecule has 1 aromatic rings. The first-order valence-electron chi connectivity index (χ1n) is 5.73. The number of ether oxygens (including phenoxy) is 2. The van der Waals surface area contributed by atoms with Crippen LogP contribution in [0.5, 0.6) is 5.75 Å². The molecule has 2 rings (SSSR count). The van der Waals surface area contributed by atoms with Crippen molar-refractivity contribution < 1.29 is 9.47 Å². The van der Waals surface area contributed by atoms with Crippen LogP contribution in [0.4, 0.5) is 0 Å². The maximum absolute atomic E-state index is 5.64. The molecule has 1 aliphatic rings. The summed E-state index contributed by atoms with van der Waals surface area (Å²) >= 11 is 0. The van der Waals surface area contributed by atoms with Crippen LogP contribution < -0.4 is 10.1 Å². The summed E-state index contributed by atoms with van der Waals surface area (Å²) in [6.07, 6.45) is 1.99. The van der Waals surface area contributed by atoms with Gasteiger partial charge < -0.3 is 14.8 Å². The second-order valence-electron chi connectivity index (χ2n) is 3.98. The van der Waals surface area contributed by atoms with Crippen molar-refractivity contribution in [2.45, 2.75) is 26.0 Å². The van der Waals surface area contributed by atoms with Gasteiger partial charge in [-0.15, -0.1) is 0 Å². The Kier molecular flexibility index (Phi) is 3.74. The molecule has 0 spiro atoms. The van der Waals surface area contributed by atoms with Gasteiger partial charge in [0.2, 0.25) is 0 Å². The molecule has 1 atom stereocenters. The zero-order valence-corrected chi connectivity index (χ0v) is 9.77. The van der Waals surface area contributed by atoms with Gasteiger partial charge in [0.1, 0.15) is 11.9 Å². The van der Waals surface area contributed by atoms with Crippen molar-refractivity contribution in [3.8, 4) is 5.75 Å². The molecule has 4 nitrogen and oxygen atoms in total. The Bertz CT molecular complexity index is 322. The molecule has 0 aliphatic carbocycles. The zero-order valence-electron chi connectivity index (χ0n) is 9.77. The highest BCUT2D eigenvalue weighted by Crippen LogP contribution is 2.17. The molecule has 1 aliphatic heterocycles. The molecule has 1 saturated heterocycles. The molecular formula is C12H18N2O2. The summed E-state index contributed by atoms with van der Waals surface area (Å²) < 4.78 is 10.7. The van der Waals surface area contributed by atoms with E-state index < -0.39 is 0 Å². The normalized spacial score (nSPS) is 17.9. The molecule has 2 heterocycles. The van der Waals surface area contributed by atoms with Gasteiger partial charge in [0.05, 0.1) is 25.1 Å². The first-order chi connectivity index (χ1) is 7.79. The highest BCUT2D eigenvalue weighted by molar-refractivity contribution is 5.21. The van der Waals surface area contributed by atoms with E-state index in [4.69, 9.17) is 9.47 Å². The van der Waals surface area contributed by atoms with Crippen molar-refractivity contribution in [3.05, 3.63) is 24.0 Å². The van der Waals surface area contributed by atoms with Crippen LogP contribution >= 0.6 is 0 Å². The van der Waals surface area contributed by atoms with Gasteiger partial charge in [-0.05, 0) is 25.6 Å². The van der Waals surface area contributed by atoms with Crippen LogP contribution in [0.3, 0.4) is 0 Å². The first kappa shape index (κ1) is 11.4. The second kappa shape index (κ2) is 5.27. The number of nitrogens with one attached hydrogen (secondary N) is 1. The first-order valence-corrected chi connectivity index (χ1v) is 5.73. The minimum absolute atomic E-state index is 0.207. The third-order valence-electron chi connectivity index (χ3n) is 2.62. The number of pyridine rings is 1. The predicted molar refractivity (Wildman–Crippen MR) is 61.6 cm³/mol. The lowest BCUT2D eigenvalue weighted by molar-refractivity contribution is -0.0798. The van der Waals surface area contributed by atoms with Gasteiger partial charge in [0.25, 0.3) is 0 Å². The average molecular weight is 222 g/mol. The molecule has 1 aromatic heterocycles. The quantitative estimate of drug-likeness (QED) is 0.820. The Hall–Kier alpha value is -1.13. The molecule has 1 unspecified atom stereocenters. The fourth-order valence-corrected chi connectivity index (χ4v) is 1.60. The Morgan fingerprint density at radius 2 is 2.38 bits per heavy atom. The Balaban J connectivity index is 1.92. The Labute approximate surface area is 96.0 Å². The van der Waals surface area contributed by atoms with Crippen LogP contribution in [0, 0.1) is 0 Å². The van der Waals surface area contributed by atoms with E-state index in [0.29, 0.717) is 13.2 Å². The number of rotatable bonds is 5. The summed E-state index contributed by atoms with van der Waals surface area (Å²) in [4.78, 5) is 4.38. The summed E-state index contributed by atoms with van der Waals surface area (Å²) in [5, 5.41) is 3.32. The van der Waals surface area contributed by atoms with Crippen LogP contribution in [0.25, 0.3) is 0 Å². The van der Waals surface area contributed by atoms with E-state index in [1.807, 2.05) is 12.1 Å². The van der Waals surface area contributed by atoms with Crippen LogP contribution in [0.1, 0.15) is 25.6 Å². The minimum Gasteiger partial charge on any atom is -0.484 e. The van der Waals surface area contributed by atoms with E-state index in [1.54, 1.807) is 6.20 Å². The molecule has 0 saturated carbocycles. The van der Waals surface area contributed by atoms with Crippen molar-refractivity contribution in [2.24, 2.45) is 0 Å². The molecule has 0 bridgehead atoms. The summed E-state index contributed by atoms with van der Waals surface area (Å²) in [5.74, 6) is 0.820. The maximum Gasteiger partial charge on any atom is 0.145 e. The number of nitrogens with zero attached hydrogens (tertiary/aromatic N) is 1. The molecule has 1 N–H and O–H groups in total. The van der Waals surface area contributed by atoms with Gasteiger partial charge >= 0.3 is 0 Å². The van der Waals surface area contributed by atoms with Gasteiger partial charge in [-0.2, -0.15) is 0 Å². The van der Waals surface area contributed by atoms with Gasteiger partial charge in [0, 0.05) is 6.04 Å². The fraction of sp³-hybridized carbons (Fsp3) is 0.583. The van der Waals surface area contributed by atoms with E-state index in [2.05, 4.69) is 24.1 Å². The smallest absolute Gasteiger partial charge is 0.145 e. The minimum atomic E-state index is 0.207. The molecule has 4 heteroatoms. The lowest BCUT2D eigenvalue weighted by Crippen LogP contribution is -2.38. The molecule has 0 amide bonds. The van der Waals surface area contributed by atoms with Gasteiger partial charge in [0.15, 0.2) is 0 Å². The average Bonchev–Trinajstić information content (AvgIpc) is 2.25. The third-order valence-corrected chi connectivity index (χ3v) is 2.62. The predicted octanol–water partition coefficient (Wildman–Crippen LogP) is 1.53. The van der Waals surface area contributed by atoms with Crippen molar-refractivity contribution in [2.75, 3.05) is 19.8 Å². The van der Waals surface area contributed by atoms with Crippen LogP contribution in [0.2, 0.25) is 0 Å². The number of hydrogen-bond donors (Lipinski definition) is 1. The second-order valence-corrected chi connectivity index (χ2v) is 3.98. The van der Waals surface area contributed by atoms with Crippen LogP contribution in [-0.4, -0.2) is 30.8 Å². The highest BCUT2D eigenvalue weighted by Gasteiger charge is 2.20. The molecule has 88 valence electrons. The molecule has 0 radical (unpaired) electrons. The van der Waals surface area contributed by atoms with Gasteiger partial charge in [-0.25, -0.2) is 0 Å². The largest absolute Gasteiger partial charge is 0.484 e. The topological polar surface area (TPSA) is 43.4 Å². The number of aromatic nitrogens is 1. The van der Waals surface area contributed by atoms with Crippen molar-refractivity contribution in [1.29, 1.82) is 0 Å². The van der Waals surface area contributed by atoms with E-state index in [1.165, 1.54) is 0 Å². The molecule has 0 aromatic carbocycles. The molecule has 1 fully saturated rings. The lowest BCUT2D eigenvalue weighted by Gasteiger charge is -2.26. The maximum atomic E-state index is 5.64. The summed E-state index contributed by atoms with van der Waals surface area (Å²) in [5.41, 5.74) is 1.04. The van der Waals surface area contributed by atoms with Crippen molar-refractivity contribution in [3.63, 3.8) is 0 Å². The summed E-state index contributed by atoms with van der Waals surface area (Å²) in [6, 6.07) is 4.25. The van der Waals surface area contributed by atoms with Crippen molar-refractivity contribution >= 4 is 0 Å². The number of hydrogen-bond acceptors (Lipinski definition) is 4. The molecule has 16 heavy (non-hydrogen) atoms. The van der Waals surface area contributed by atoms with Crippen LogP contribution in [-0.2, 0) is 4.74 Å². The van der Waals surface area contributed by atoms with Gasteiger partial charge in [-0.3, -0.25) is 4.98 Å². The SMILES string of the molecule is CCNC(C)c1ccc(OC2COC2)cn1. The third kappa shape index (κ3) is 2.71. The lowest BCUT2D eigenvalue weighted by atomic mass is 10.2. The highest BCUT2D eigenvalue weighted by atomic mass is 16.6. The molecular weight excluding hydrogens is 204 g/mol. The summed E-state index contributed by atoms with van der Waals surface area (Å²) in [6.45, 7) is 6.52. The zero-order chi connectivity index (χ0) is 11.4. The van der Waals surface area contributed by atoms with Crippen molar-refractivity contribution in [1.82, 2.24) is 10.3 Å². The van der Waals surface area contributed by atoms with E-state index in [9.17, 15) is 0 Å². The van der Waals surface area contributed by atoms with Gasteiger partial charge in [-0.1, -0.05) is 6.92 Å². The Morgan fingerprint density at radius 1 is 1.56 bits per heavy atom.